The molecule has 6 heteroatoms. The van der Waals surface area contributed by atoms with Gasteiger partial charge in [0, 0.05) is 21.2 Å². The molecule has 0 saturated carbocycles. The van der Waals surface area contributed by atoms with Gasteiger partial charge in [0.05, 0.1) is 5.52 Å². The molecule has 3 aromatic heterocycles. The third kappa shape index (κ3) is 1.69. The molecule has 0 aliphatic carbocycles. The van der Waals surface area contributed by atoms with E-state index in [2.05, 4.69) is 15.0 Å². The number of aromatic nitrogens is 3. The molecule has 0 atom stereocenters. The first kappa shape index (κ1) is 11.7. The number of thiophene rings is 1. The molecule has 0 bridgehead atoms. The minimum atomic E-state index is -0.0981. The van der Waals surface area contributed by atoms with Crippen LogP contribution in [0.25, 0.3) is 31.1 Å². The number of fused-ring (bicyclic) bond motifs is 3. The molecule has 0 unspecified atom stereocenters. The molecule has 4 rings (SSSR count). The van der Waals surface area contributed by atoms with E-state index in [-0.39, 0.29) is 5.56 Å². The Morgan fingerprint density at radius 2 is 2.05 bits per heavy atom. The summed E-state index contributed by atoms with van der Waals surface area (Å²) in [5.74, 6) is 0.546. The number of rotatable bonds is 1. The highest BCUT2D eigenvalue weighted by atomic mass is 32.1. The Bertz CT molecular complexity index is 996. The smallest absolute Gasteiger partial charge is 0.269 e. The number of hydrogen-bond acceptors (Lipinski definition) is 5. The summed E-state index contributed by atoms with van der Waals surface area (Å²) >= 11 is 2.96. The van der Waals surface area contributed by atoms with Crippen LogP contribution in [0.2, 0.25) is 0 Å². The normalized spacial score (nSPS) is 11.4. The van der Waals surface area contributed by atoms with E-state index in [1.54, 1.807) is 0 Å². The third-order valence-corrected chi connectivity index (χ3v) is 5.18. The predicted molar refractivity (Wildman–Crippen MR) is 83.6 cm³/mol. The van der Waals surface area contributed by atoms with Crippen molar-refractivity contribution in [1.82, 2.24) is 15.0 Å². The Labute approximate surface area is 121 Å². The van der Waals surface area contributed by atoms with E-state index >= 15 is 0 Å². The van der Waals surface area contributed by atoms with Crippen LogP contribution >= 0.6 is 22.7 Å². The van der Waals surface area contributed by atoms with Crippen LogP contribution in [0.3, 0.4) is 0 Å². The van der Waals surface area contributed by atoms with Crippen molar-refractivity contribution < 1.29 is 0 Å². The molecule has 0 radical (unpaired) electrons. The van der Waals surface area contributed by atoms with Gasteiger partial charge in [0.2, 0.25) is 0 Å². The lowest BCUT2D eigenvalue weighted by Gasteiger charge is -1.96. The fourth-order valence-electron chi connectivity index (χ4n) is 2.16. The second-order valence-electron chi connectivity index (χ2n) is 4.48. The van der Waals surface area contributed by atoms with Crippen LogP contribution < -0.4 is 5.56 Å². The molecule has 1 aromatic carbocycles. The van der Waals surface area contributed by atoms with E-state index in [0.717, 1.165) is 26.3 Å². The van der Waals surface area contributed by atoms with Gasteiger partial charge in [-0.1, -0.05) is 18.2 Å². The lowest BCUT2D eigenvalue weighted by Crippen LogP contribution is -2.07. The monoisotopic (exact) mass is 299 g/mol. The highest BCUT2D eigenvalue weighted by molar-refractivity contribution is 7.25. The summed E-state index contributed by atoms with van der Waals surface area (Å²) < 4.78 is 1.75. The molecule has 3 heterocycles. The van der Waals surface area contributed by atoms with Crippen LogP contribution in [-0.4, -0.2) is 15.0 Å². The van der Waals surface area contributed by atoms with Gasteiger partial charge in [-0.05, 0) is 13.0 Å². The summed E-state index contributed by atoms with van der Waals surface area (Å²) in [6, 6.07) is 7.94. The molecule has 0 aliphatic rings. The number of aryl methyl sites for hydroxylation is 1. The predicted octanol–water partition coefficient (Wildman–Crippen LogP) is 3.57. The van der Waals surface area contributed by atoms with Crippen molar-refractivity contribution in [2.24, 2.45) is 0 Å². The second-order valence-corrected chi connectivity index (χ2v) is 6.39. The number of hydrogen-bond donors (Lipinski definition) is 1. The van der Waals surface area contributed by atoms with E-state index < -0.39 is 0 Å². The van der Waals surface area contributed by atoms with Gasteiger partial charge in [0.15, 0.2) is 10.8 Å². The summed E-state index contributed by atoms with van der Waals surface area (Å²) in [6.07, 6.45) is 0. The van der Waals surface area contributed by atoms with Gasteiger partial charge < -0.3 is 4.98 Å². The van der Waals surface area contributed by atoms with Gasteiger partial charge in [-0.15, -0.1) is 22.7 Å². The zero-order chi connectivity index (χ0) is 13.7. The standard InChI is InChI=1S/C14H9N3OS2/c1-7-6-19-14(15-7)12-16-10-8-4-2-3-5-9(8)20-11(10)13(18)17-12/h2-6H,1H3,(H,16,17,18). The van der Waals surface area contributed by atoms with Crippen LogP contribution in [0, 0.1) is 6.92 Å². The third-order valence-electron chi connectivity index (χ3n) is 3.05. The van der Waals surface area contributed by atoms with E-state index in [0.29, 0.717) is 10.5 Å². The van der Waals surface area contributed by atoms with Crippen molar-refractivity contribution >= 4 is 43.0 Å². The van der Waals surface area contributed by atoms with Crippen LogP contribution in [0.15, 0.2) is 34.4 Å². The molecular formula is C14H9N3OS2. The maximum Gasteiger partial charge on any atom is 0.269 e. The summed E-state index contributed by atoms with van der Waals surface area (Å²) in [4.78, 5) is 24.1. The Hall–Kier alpha value is -2.05. The van der Waals surface area contributed by atoms with Gasteiger partial charge in [0.25, 0.3) is 5.56 Å². The number of nitrogens with zero attached hydrogens (tertiary/aromatic N) is 2. The van der Waals surface area contributed by atoms with Gasteiger partial charge >= 0.3 is 0 Å². The van der Waals surface area contributed by atoms with E-state index in [4.69, 9.17) is 0 Å². The van der Waals surface area contributed by atoms with Crippen molar-refractivity contribution in [3.05, 3.63) is 45.7 Å². The Morgan fingerprint density at radius 1 is 1.20 bits per heavy atom. The lowest BCUT2D eigenvalue weighted by molar-refractivity contribution is 1.16. The molecule has 20 heavy (non-hydrogen) atoms. The molecule has 1 N–H and O–H groups in total. The topological polar surface area (TPSA) is 58.6 Å². The number of nitrogens with one attached hydrogen (secondary N) is 1. The maximum absolute atomic E-state index is 12.2. The Kier molecular flexibility index (Phi) is 2.48. The molecule has 0 amide bonds. The molecule has 4 aromatic rings. The number of benzene rings is 1. The minimum Gasteiger partial charge on any atom is -0.303 e. The largest absolute Gasteiger partial charge is 0.303 e. The van der Waals surface area contributed by atoms with Gasteiger partial charge in [0.1, 0.15) is 4.70 Å². The number of H-pyrrole nitrogens is 1. The first-order valence-electron chi connectivity index (χ1n) is 6.06. The van der Waals surface area contributed by atoms with Gasteiger partial charge in [-0.25, -0.2) is 9.97 Å². The van der Waals surface area contributed by atoms with Crippen molar-refractivity contribution in [2.75, 3.05) is 0 Å². The van der Waals surface area contributed by atoms with Crippen molar-refractivity contribution in [1.29, 1.82) is 0 Å². The summed E-state index contributed by atoms with van der Waals surface area (Å²) in [5.41, 5.74) is 1.60. The molecule has 0 spiro atoms. The SMILES string of the molecule is Cc1csc(-c2nc3c(sc4ccccc43)c(=O)[nH]2)n1. The Balaban J connectivity index is 2.10. The van der Waals surface area contributed by atoms with Crippen molar-refractivity contribution in [2.45, 2.75) is 6.92 Å². The zero-order valence-corrected chi connectivity index (χ0v) is 12.1. The molecule has 0 fully saturated rings. The zero-order valence-electron chi connectivity index (χ0n) is 10.5. The van der Waals surface area contributed by atoms with Gasteiger partial charge in [-0.2, -0.15) is 0 Å². The summed E-state index contributed by atoms with van der Waals surface area (Å²) in [6.45, 7) is 1.93. The quantitative estimate of drug-likeness (QED) is 0.584. The maximum atomic E-state index is 12.2. The first-order valence-corrected chi connectivity index (χ1v) is 7.76. The molecule has 0 saturated heterocycles. The van der Waals surface area contributed by atoms with Gasteiger partial charge in [-0.3, -0.25) is 4.79 Å². The second kappa shape index (κ2) is 4.22. The van der Waals surface area contributed by atoms with Crippen LogP contribution in [-0.2, 0) is 0 Å². The molecular weight excluding hydrogens is 290 g/mol. The summed E-state index contributed by atoms with van der Waals surface area (Å²) in [7, 11) is 0. The number of thiazole rings is 1. The molecule has 4 nitrogen and oxygen atoms in total. The molecule has 0 aliphatic heterocycles. The van der Waals surface area contributed by atoms with E-state index in [1.165, 1.54) is 22.7 Å². The Morgan fingerprint density at radius 3 is 2.85 bits per heavy atom. The van der Waals surface area contributed by atoms with Crippen LogP contribution in [0.1, 0.15) is 5.69 Å². The fraction of sp³-hybridized carbons (Fsp3) is 0.0714. The minimum absolute atomic E-state index is 0.0981. The van der Waals surface area contributed by atoms with E-state index in [1.807, 2.05) is 36.6 Å². The van der Waals surface area contributed by atoms with E-state index in [9.17, 15) is 4.79 Å². The highest BCUT2D eigenvalue weighted by Gasteiger charge is 2.13. The fourth-order valence-corrected chi connectivity index (χ4v) is 3.94. The first-order chi connectivity index (χ1) is 9.72. The highest BCUT2D eigenvalue weighted by Crippen LogP contribution is 2.31. The lowest BCUT2D eigenvalue weighted by atomic mass is 10.2. The molecule has 98 valence electrons. The average molecular weight is 299 g/mol. The van der Waals surface area contributed by atoms with Crippen molar-refractivity contribution in [3.8, 4) is 10.8 Å². The van der Waals surface area contributed by atoms with Crippen LogP contribution in [0.5, 0.6) is 0 Å². The van der Waals surface area contributed by atoms with Crippen molar-refractivity contribution in [3.63, 3.8) is 0 Å². The average Bonchev–Trinajstić information content (AvgIpc) is 3.03. The number of aromatic amines is 1. The van der Waals surface area contributed by atoms with Crippen LogP contribution in [0.4, 0.5) is 0 Å². The summed E-state index contributed by atoms with van der Waals surface area (Å²) in [5, 5.41) is 3.72.